The van der Waals surface area contributed by atoms with Gasteiger partial charge in [-0.1, -0.05) is 40.9 Å². The average Bonchev–Trinajstić information content (AvgIpc) is 3.33. The van der Waals surface area contributed by atoms with E-state index in [1.54, 1.807) is 53.4 Å². The number of aromatic nitrogens is 3. The molecular weight excluding hydrogens is 562 g/mol. The van der Waals surface area contributed by atoms with Crippen LogP contribution in [0.4, 0.5) is 18.9 Å². The molecule has 1 aliphatic heterocycles. The Morgan fingerprint density at radius 1 is 0.842 bits per heavy atom. The highest BCUT2D eigenvalue weighted by Crippen LogP contribution is 2.32. The molecule has 1 amide bonds. The molecule has 2 heterocycles. The minimum atomic E-state index is -4.42. The Morgan fingerprint density at radius 3 is 2.18 bits per heavy atom. The lowest BCUT2D eigenvalue weighted by atomic mass is 10.1. The van der Waals surface area contributed by atoms with Crippen LogP contribution in [-0.2, 0) is 6.18 Å². The van der Waals surface area contributed by atoms with Crippen molar-refractivity contribution in [3.63, 3.8) is 0 Å². The molecule has 12 heteroatoms. The van der Waals surface area contributed by atoms with Gasteiger partial charge in [-0.2, -0.15) is 13.2 Å². The third-order valence-electron chi connectivity index (χ3n) is 6.14. The molecule has 0 radical (unpaired) electrons. The lowest BCUT2D eigenvalue weighted by Gasteiger charge is -2.35. The number of carbonyl (C=O) groups excluding carboxylic acids is 1. The molecule has 4 aromatic rings. The van der Waals surface area contributed by atoms with Crippen LogP contribution in [0.15, 0.2) is 66.7 Å². The quantitative estimate of drug-likeness (QED) is 0.264. The Hall–Kier alpha value is -3.27. The molecule has 1 aromatic heterocycles. The molecule has 0 N–H and O–H groups in total. The van der Waals surface area contributed by atoms with Crippen LogP contribution in [-0.4, -0.2) is 51.8 Å². The van der Waals surface area contributed by atoms with Gasteiger partial charge in [-0.15, -0.1) is 5.10 Å². The van der Waals surface area contributed by atoms with Crippen LogP contribution in [0.3, 0.4) is 0 Å². The SMILES string of the molecule is O=C(c1nc(-c2ccc(Cl)cc2)n(-c2ccc(Cl)cc2Cl)n1)N1CCN(c2cccc(C(F)(F)F)c2)CC1. The van der Waals surface area contributed by atoms with Crippen LogP contribution in [0, 0.1) is 0 Å². The molecule has 0 atom stereocenters. The highest BCUT2D eigenvalue weighted by molar-refractivity contribution is 6.35. The van der Waals surface area contributed by atoms with Crippen molar-refractivity contribution >= 4 is 46.4 Å². The topological polar surface area (TPSA) is 54.3 Å². The second kappa shape index (κ2) is 10.5. The Bertz CT molecular complexity index is 1480. The highest BCUT2D eigenvalue weighted by Gasteiger charge is 2.32. The van der Waals surface area contributed by atoms with Gasteiger partial charge in [0.25, 0.3) is 5.91 Å². The standard InChI is InChI=1S/C26H19Cl3F3N5O/c27-18-6-4-16(5-7-18)24-33-23(34-37(24)22-9-8-19(28)15-21(22)29)25(38)36-12-10-35(11-13-36)20-3-1-2-17(14-20)26(30,31)32/h1-9,14-15H,10-13H2. The maximum Gasteiger partial charge on any atom is 0.416 e. The van der Waals surface area contributed by atoms with E-state index in [2.05, 4.69) is 10.1 Å². The van der Waals surface area contributed by atoms with E-state index < -0.39 is 17.6 Å². The number of hydrogen-bond acceptors (Lipinski definition) is 4. The van der Waals surface area contributed by atoms with Crippen LogP contribution < -0.4 is 4.90 Å². The van der Waals surface area contributed by atoms with Gasteiger partial charge < -0.3 is 9.80 Å². The normalized spacial score (nSPS) is 14.2. The summed E-state index contributed by atoms with van der Waals surface area (Å²) in [5, 5.41) is 5.79. The number of carbonyl (C=O) groups is 1. The number of nitrogens with zero attached hydrogens (tertiary/aromatic N) is 5. The fraction of sp³-hybridized carbons (Fsp3) is 0.192. The lowest BCUT2D eigenvalue weighted by Crippen LogP contribution is -2.49. The smallest absolute Gasteiger partial charge is 0.368 e. The average molecular weight is 581 g/mol. The molecule has 0 unspecified atom stereocenters. The summed E-state index contributed by atoms with van der Waals surface area (Å²) >= 11 is 18.5. The van der Waals surface area contributed by atoms with E-state index in [0.717, 1.165) is 12.1 Å². The third-order valence-corrected chi connectivity index (χ3v) is 6.93. The Labute approximate surface area is 231 Å². The van der Waals surface area contributed by atoms with Crippen molar-refractivity contribution in [3.05, 3.63) is 93.2 Å². The number of rotatable bonds is 4. The predicted octanol–water partition coefficient (Wildman–Crippen LogP) is 6.88. The summed E-state index contributed by atoms with van der Waals surface area (Å²) in [6, 6.07) is 17.0. The number of halogens is 6. The molecular formula is C26H19Cl3F3N5O. The van der Waals surface area contributed by atoms with Gasteiger partial charge in [-0.25, -0.2) is 9.67 Å². The molecule has 1 aliphatic rings. The van der Waals surface area contributed by atoms with Crippen LogP contribution in [0.1, 0.15) is 16.2 Å². The fourth-order valence-electron chi connectivity index (χ4n) is 4.20. The van der Waals surface area contributed by atoms with Gasteiger partial charge in [0.1, 0.15) is 0 Å². The first kappa shape index (κ1) is 26.3. The molecule has 5 rings (SSSR count). The van der Waals surface area contributed by atoms with E-state index >= 15 is 0 Å². The number of anilines is 1. The van der Waals surface area contributed by atoms with Crippen LogP contribution >= 0.6 is 34.8 Å². The summed E-state index contributed by atoms with van der Waals surface area (Å²) in [5.74, 6) is -0.0435. The summed E-state index contributed by atoms with van der Waals surface area (Å²) < 4.78 is 40.9. The van der Waals surface area contributed by atoms with Gasteiger partial charge in [0.15, 0.2) is 5.82 Å². The minimum Gasteiger partial charge on any atom is -0.368 e. The third kappa shape index (κ3) is 5.45. The van der Waals surface area contributed by atoms with E-state index in [-0.39, 0.29) is 5.82 Å². The summed E-state index contributed by atoms with van der Waals surface area (Å²) in [4.78, 5) is 21.3. The number of hydrogen-bond donors (Lipinski definition) is 0. The monoisotopic (exact) mass is 579 g/mol. The molecule has 1 saturated heterocycles. The van der Waals surface area contributed by atoms with Gasteiger partial charge in [-0.05, 0) is 60.7 Å². The zero-order valence-corrected chi connectivity index (χ0v) is 21.9. The van der Waals surface area contributed by atoms with Crippen molar-refractivity contribution < 1.29 is 18.0 Å². The molecule has 0 aliphatic carbocycles. The summed E-state index contributed by atoms with van der Waals surface area (Å²) in [6.07, 6.45) is -4.42. The van der Waals surface area contributed by atoms with Crippen molar-refractivity contribution in [3.8, 4) is 17.1 Å². The molecule has 0 bridgehead atoms. The highest BCUT2D eigenvalue weighted by atomic mass is 35.5. The molecule has 196 valence electrons. The predicted molar refractivity (Wildman–Crippen MR) is 141 cm³/mol. The van der Waals surface area contributed by atoms with Crippen LogP contribution in [0.5, 0.6) is 0 Å². The Balaban J connectivity index is 1.40. The van der Waals surface area contributed by atoms with Crippen molar-refractivity contribution in [2.24, 2.45) is 0 Å². The van der Waals surface area contributed by atoms with E-state index in [0.29, 0.717) is 64.0 Å². The van der Waals surface area contributed by atoms with E-state index in [9.17, 15) is 18.0 Å². The van der Waals surface area contributed by atoms with E-state index in [4.69, 9.17) is 34.8 Å². The van der Waals surface area contributed by atoms with Crippen LogP contribution in [0.25, 0.3) is 17.1 Å². The molecule has 3 aromatic carbocycles. The fourth-order valence-corrected chi connectivity index (χ4v) is 4.81. The first-order chi connectivity index (χ1) is 18.1. The number of amides is 1. The van der Waals surface area contributed by atoms with Gasteiger partial charge in [0.2, 0.25) is 5.82 Å². The van der Waals surface area contributed by atoms with E-state index in [1.807, 2.05) is 4.90 Å². The molecule has 6 nitrogen and oxygen atoms in total. The number of alkyl halides is 3. The first-order valence-corrected chi connectivity index (χ1v) is 12.6. The lowest BCUT2D eigenvalue weighted by molar-refractivity contribution is -0.137. The Kier molecular flexibility index (Phi) is 7.26. The van der Waals surface area contributed by atoms with Crippen LogP contribution in [0.2, 0.25) is 15.1 Å². The van der Waals surface area contributed by atoms with Gasteiger partial charge in [0, 0.05) is 47.5 Å². The molecule has 0 spiro atoms. The van der Waals surface area contributed by atoms with Crippen molar-refractivity contribution in [1.29, 1.82) is 0 Å². The maximum atomic E-state index is 13.4. The van der Waals surface area contributed by atoms with Crippen molar-refractivity contribution in [2.75, 3.05) is 31.1 Å². The maximum absolute atomic E-state index is 13.4. The van der Waals surface area contributed by atoms with Crippen molar-refractivity contribution in [2.45, 2.75) is 6.18 Å². The largest absolute Gasteiger partial charge is 0.416 e. The zero-order valence-electron chi connectivity index (χ0n) is 19.6. The number of piperazine rings is 1. The second-order valence-electron chi connectivity index (χ2n) is 8.60. The first-order valence-electron chi connectivity index (χ1n) is 11.5. The number of benzene rings is 3. The Morgan fingerprint density at radius 2 is 1.53 bits per heavy atom. The second-order valence-corrected chi connectivity index (χ2v) is 9.88. The van der Waals surface area contributed by atoms with Gasteiger partial charge >= 0.3 is 6.18 Å². The summed E-state index contributed by atoms with van der Waals surface area (Å²) in [7, 11) is 0. The van der Waals surface area contributed by atoms with E-state index in [1.165, 1.54) is 10.7 Å². The molecule has 38 heavy (non-hydrogen) atoms. The van der Waals surface area contributed by atoms with Gasteiger partial charge in [-0.3, -0.25) is 4.79 Å². The molecule has 0 saturated carbocycles. The summed E-state index contributed by atoms with van der Waals surface area (Å²) in [5.41, 5.74) is 0.902. The summed E-state index contributed by atoms with van der Waals surface area (Å²) in [6.45, 7) is 1.31. The van der Waals surface area contributed by atoms with Gasteiger partial charge in [0.05, 0.1) is 16.3 Å². The van der Waals surface area contributed by atoms with Crippen molar-refractivity contribution in [1.82, 2.24) is 19.7 Å². The minimum absolute atomic E-state index is 0.0338. The molecule has 1 fully saturated rings. The zero-order chi connectivity index (χ0) is 27.0.